The molecule has 196 valence electrons. The molecule has 0 radical (unpaired) electrons. The second-order valence-corrected chi connectivity index (χ2v) is 12.7. The first-order chi connectivity index (χ1) is 16.4. The molecule has 36 heavy (non-hydrogen) atoms. The molecule has 14 heteroatoms. The summed E-state index contributed by atoms with van der Waals surface area (Å²) < 4.78 is 92.1. The van der Waals surface area contributed by atoms with E-state index in [1.807, 2.05) is 0 Å². The largest absolute Gasteiger partial charge is 0.428 e. The molecule has 0 aromatic carbocycles. The van der Waals surface area contributed by atoms with Gasteiger partial charge >= 0.3 is 6.18 Å². The average Bonchev–Trinajstić information content (AvgIpc) is 3.56. The van der Waals surface area contributed by atoms with E-state index in [-0.39, 0.29) is 24.0 Å². The van der Waals surface area contributed by atoms with E-state index >= 15 is 0 Å². The number of aromatic nitrogens is 3. The summed E-state index contributed by atoms with van der Waals surface area (Å²) in [5.41, 5.74) is -4.04. The molecule has 2 heterocycles. The van der Waals surface area contributed by atoms with Crippen LogP contribution in [0.4, 0.5) is 22.0 Å². The monoisotopic (exact) mass is 533 g/mol. The average molecular weight is 534 g/mol. The van der Waals surface area contributed by atoms with Crippen LogP contribution in [0.1, 0.15) is 66.7 Å². The highest BCUT2D eigenvalue weighted by Gasteiger charge is 2.74. The Bertz CT molecular complexity index is 1460. The fourth-order valence-electron chi connectivity index (χ4n) is 5.67. The van der Waals surface area contributed by atoms with E-state index in [1.54, 1.807) is 6.92 Å². The Kier molecular flexibility index (Phi) is 5.11. The molecule has 1 amide bonds. The molecule has 3 aliphatic carbocycles. The second-order valence-electron chi connectivity index (χ2n) is 10.6. The summed E-state index contributed by atoms with van der Waals surface area (Å²) >= 11 is 0. The van der Waals surface area contributed by atoms with Gasteiger partial charge in [0.05, 0.1) is 20.8 Å². The van der Waals surface area contributed by atoms with Gasteiger partial charge in [-0.2, -0.15) is 23.0 Å². The van der Waals surface area contributed by atoms with Crippen LogP contribution < -0.4 is 5.36 Å². The normalized spacial score (nSPS) is 29.1. The molecule has 8 nitrogen and oxygen atoms in total. The lowest BCUT2D eigenvalue weighted by Gasteiger charge is -2.17. The van der Waals surface area contributed by atoms with E-state index in [1.165, 1.54) is 0 Å². The maximum Gasteiger partial charge on any atom is 0.420 e. The molecule has 2 aromatic heterocycles. The Balaban J connectivity index is 1.64. The van der Waals surface area contributed by atoms with E-state index in [2.05, 4.69) is 10.1 Å². The predicted octanol–water partition coefficient (Wildman–Crippen LogP) is 4.42. The van der Waals surface area contributed by atoms with Gasteiger partial charge in [0.25, 0.3) is 5.91 Å². The Morgan fingerprint density at radius 2 is 1.97 bits per heavy atom. The molecule has 0 saturated heterocycles. The summed E-state index contributed by atoms with van der Waals surface area (Å²) in [7, 11) is -3.46. The number of pyridine rings is 1. The van der Waals surface area contributed by atoms with Crippen molar-refractivity contribution in [3.05, 3.63) is 40.6 Å². The van der Waals surface area contributed by atoms with Crippen molar-refractivity contribution < 1.29 is 36.2 Å². The minimum Gasteiger partial charge on any atom is -0.428 e. The fourth-order valence-corrected chi connectivity index (χ4v) is 6.44. The quantitative estimate of drug-likeness (QED) is 0.438. The predicted molar refractivity (Wildman–Crippen MR) is 115 cm³/mol. The third-order valence-electron chi connectivity index (χ3n) is 7.53. The maximum absolute atomic E-state index is 14.2. The van der Waals surface area contributed by atoms with Gasteiger partial charge < -0.3 is 5.21 Å². The molecular formula is C22H24F5N5O3S. The van der Waals surface area contributed by atoms with Crippen molar-refractivity contribution in [1.82, 2.24) is 14.5 Å². The zero-order chi connectivity index (χ0) is 26.5. The van der Waals surface area contributed by atoms with Crippen LogP contribution in [0.5, 0.6) is 0 Å². The Labute approximate surface area is 202 Å². The van der Waals surface area contributed by atoms with E-state index < -0.39 is 67.2 Å². The number of hydrogen-bond acceptors (Lipinski definition) is 5. The molecule has 0 aliphatic heterocycles. The summed E-state index contributed by atoms with van der Waals surface area (Å²) in [6.45, 7) is 1.41. The van der Waals surface area contributed by atoms with E-state index in [9.17, 15) is 36.2 Å². The summed E-state index contributed by atoms with van der Waals surface area (Å²) in [6.07, 6.45) is -2.48. The summed E-state index contributed by atoms with van der Waals surface area (Å²) in [4.78, 5) is 17.0. The van der Waals surface area contributed by atoms with Gasteiger partial charge in [0.2, 0.25) is 5.92 Å². The highest BCUT2D eigenvalue weighted by atomic mass is 32.2. The number of halogens is 5. The van der Waals surface area contributed by atoms with Gasteiger partial charge in [0, 0.05) is 49.2 Å². The molecular weight excluding hydrogens is 509 g/mol. The van der Waals surface area contributed by atoms with Crippen molar-refractivity contribution in [2.75, 3.05) is 6.26 Å². The molecule has 3 atom stereocenters. The molecule has 3 aliphatic rings. The zero-order valence-corrected chi connectivity index (χ0v) is 20.2. The third-order valence-corrected chi connectivity index (χ3v) is 8.63. The minimum absolute atomic E-state index is 0.224. The number of rotatable bonds is 5. The smallest absolute Gasteiger partial charge is 0.420 e. The highest BCUT2D eigenvalue weighted by Crippen LogP contribution is 2.77. The Morgan fingerprint density at radius 3 is 2.50 bits per heavy atom. The number of carbonyl (C=O) groups excluding carboxylic acids is 1. The number of amides is 1. The van der Waals surface area contributed by atoms with Crippen LogP contribution in [-0.2, 0) is 22.5 Å². The lowest BCUT2D eigenvalue weighted by Crippen LogP contribution is -2.23. The molecule has 3 saturated carbocycles. The molecule has 2 N–H and O–H groups in total. The van der Waals surface area contributed by atoms with Crippen LogP contribution >= 0.6 is 0 Å². The SMILES string of the molecule is CC12CC(F)(F)CC1(Cn1nc(C3CC3)c(C(F)(F)F)c1C(=O)N=c1ccn(O)c(S(C)(=N)=O)c1)C2. The van der Waals surface area contributed by atoms with Gasteiger partial charge in [0.15, 0.2) is 5.03 Å². The highest BCUT2D eigenvalue weighted by molar-refractivity contribution is 7.91. The number of nitrogens with one attached hydrogen (secondary N) is 1. The number of alkyl halides is 5. The standard InChI is InChI=1S/C22H24F5N5O3S/c1-19-8-20(19,10-21(23,24)9-19)11-31-17(15(22(25,26)27)16(30-31)12-3-4-12)18(33)29-13-5-6-32(34)14(7-13)36(2,28)35/h5-7,12,28,34H,3-4,8-11H2,1-2H3. The van der Waals surface area contributed by atoms with E-state index in [0.29, 0.717) is 24.0 Å². The lowest BCUT2D eigenvalue weighted by atomic mass is 9.98. The Hall–Kier alpha value is -2.77. The first kappa shape index (κ1) is 24.9. The van der Waals surface area contributed by atoms with Gasteiger partial charge in [-0.15, -0.1) is 0 Å². The fraction of sp³-hybridized carbons (Fsp3) is 0.591. The van der Waals surface area contributed by atoms with E-state index in [4.69, 9.17) is 4.78 Å². The summed E-state index contributed by atoms with van der Waals surface area (Å²) in [5, 5.41) is 13.3. The van der Waals surface area contributed by atoms with Crippen molar-refractivity contribution in [1.29, 1.82) is 4.78 Å². The van der Waals surface area contributed by atoms with Gasteiger partial charge in [-0.05, 0) is 30.7 Å². The first-order valence-corrected chi connectivity index (χ1v) is 13.2. The number of carbonyl (C=O) groups is 1. The van der Waals surface area contributed by atoms with Gasteiger partial charge in [-0.3, -0.25) is 9.48 Å². The molecule has 0 bridgehead atoms. The second kappa shape index (κ2) is 7.39. The van der Waals surface area contributed by atoms with Gasteiger partial charge in [0.1, 0.15) is 11.3 Å². The van der Waals surface area contributed by atoms with Crippen molar-refractivity contribution in [3.8, 4) is 0 Å². The zero-order valence-electron chi connectivity index (χ0n) is 19.4. The van der Waals surface area contributed by atoms with Gasteiger partial charge in [-0.25, -0.2) is 22.8 Å². The number of hydrogen-bond donors (Lipinski definition) is 2. The van der Waals surface area contributed by atoms with Gasteiger partial charge in [-0.1, -0.05) is 6.92 Å². The number of nitrogens with zero attached hydrogens (tertiary/aromatic N) is 4. The molecule has 3 unspecified atom stereocenters. The topological polar surface area (TPSA) is 113 Å². The Morgan fingerprint density at radius 1 is 1.31 bits per heavy atom. The molecule has 0 spiro atoms. The number of fused-ring (bicyclic) bond motifs is 1. The van der Waals surface area contributed by atoms with Crippen LogP contribution in [0.2, 0.25) is 0 Å². The third kappa shape index (κ3) is 4.12. The van der Waals surface area contributed by atoms with Crippen molar-refractivity contribution in [2.24, 2.45) is 15.8 Å². The van der Waals surface area contributed by atoms with E-state index in [0.717, 1.165) is 29.3 Å². The van der Waals surface area contributed by atoms with Crippen LogP contribution in [0.3, 0.4) is 0 Å². The summed E-state index contributed by atoms with van der Waals surface area (Å²) in [6, 6.07) is 2.08. The van der Waals surface area contributed by atoms with Crippen LogP contribution in [0, 0.1) is 15.6 Å². The minimum atomic E-state index is -4.93. The first-order valence-electron chi connectivity index (χ1n) is 11.3. The molecule has 3 fully saturated rings. The lowest BCUT2D eigenvalue weighted by molar-refractivity contribution is -0.138. The van der Waals surface area contributed by atoms with Crippen LogP contribution in [0.15, 0.2) is 28.3 Å². The van der Waals surface area contributed by atoms with Crippen LogP contribution in [-0.4, -0.2) is 42.0 Å². The van der Waals surface area contributed by atoms with Crippen molar-refractivity contribution in [2.45, 2.75) is 68.6 Å². The van der Waals surface area contributed by atoms with Crippen LogP contribution in [0.25, 0.3) is 0 Å². The molecule has 5 rings (SSSR count). The van der Waals surface area contributed by atoms with Crippen molar-refractivity contribution >= 4 is 15.6 Å². The molecule has 2 aromatic rings. The summed E-state index contributed by atoms with van der Waals surface area (Å²) in [5.74, 6) is -4.71. The maximum atomic E-state index is 14.2. The van der Waals surface area contributed by atoms with Crippen molar-refractivity contribution in [3.63, 3.8) is 0 Å².